The maximum absolute atomic E-state index is 12.5. The summed E-state index contributed by atoms with van der Waals surface area (Å²) in [4.78, 5) is 37.3. The number of methoxy groups -OCH3 is 1. The minimum Gasteiger partial charge on any atom is -0.463 e. The van der Waals surface area contributed by atoms with Crippen molar-refractivity contribution in [1.82, 2.24) is 4.90 Å². The molecule has 1 saturated heterocycles. The van der Waals surface area contributed by atoms with Crippen LogP contribution in [-0.4, -0.2) is 29.1 Å². The first kappa shape index (κ1) is 17.5. The lowest BCUT2D eigenvalue weighted by molar-refractivity contribution is -0.123. The molecule has 1 aliphatic heterocycles. The van der Waals surface area contributed by atoms with Crippen LogP contribution in [0.3, 0.4) is 0 Å². The van der Waals surface area contributed by atoms with E-state index >= 15 is 0 Å². The molecular formula is C18H12N2O5S. The molecular weight excluding hydrogens is 356 g/mol. The largest absolute Gasteiger partial charge is 0.463 e. The number of furan rings is 1. The number of thioether (sulfide) groups is 1. The molecule has 1 aliphatic rings. The normalized spacial score (nSPS) is 15.4. The molecule has 2 aromatic rings. The smallest absolute Gasteiger partial charge is 0.373 e. The Labute approximate surface area is 152 Å². The van der Waals surface area contributed by atoms with Gasteiger partial charge in [-0.15, -0.1) is 0 Å². The van der Waals surface area contributed by atoms with Gasteiger partial charge in [0, 0.05) is 0 Å². The number of hydrogen-bond donors (Lipinski definition) is 0. The second kappa shape index (κ2) is 7.29. The Balaban J connectivity index is 1.76. The van der Waals surface area contributed by atoms with Crippen LogP contribution in [0.15, 0.2) is 45.7 Å². The fraction of sp³-hybridized carbons (Fsp3) is 0.111. The summed E-state index contributed by atoms with van der Waals surface area (Å²) in [7, 11) is 1.23. The van der Waals surface area contributed by atoms with E-state index in [0.717, 1.165) is 16.7 Å². The zero-order chi connectivity index (χ0) is 18.7. The van der Waals surface area contributed by atoms with E-state index in [-0.39, 0.29) is 17.2 Å². The van der Waals surface area contributed by atoms with Gasteiger partial charge < -0.3 is 9.15 Å². The van der Waals surface area contributed by atoms with Gasteiger partial charge in [0.2, 0.25) is 5.76 Å². The van der Waals surface area contributed by atoms with Crippen LogP contribution >= 0.6 is 11.8 Å². The van der Waals surface area contributed by atoms with Crippen molar-refractivity contribution >= 4 is 35.0 Å². The van der Waals surface area contributed by atoms with Crippen molar-refractivity contribution in [1.29, 1.82) is 5.26 Å². The van der Waals surface area contributed by atoms with Crippen molar-refractivity contribution < 1.29 is 23.5 Å². The van der Waals surface area contributed by atoms with Gasteiger partial charge in [-0.25, -0.2) is 4.79 Å². The summed E-state index contributed by atoms with van der Waals surface area (Å²) >= 11 is 0.824. The van der Waals surface area contributed by atoms with Crippen molar-refractivity contribution in [3.05, 3.63) is 64.0 Å². The number of esters is 1. The fourth-order valence-corrected chi connectivity index (χ4v) is 3.11. The summed E-state index contributed by atoms with van der Waals surface area (Å²) in [6.07, 6.45) is 1.59. The molecule has 0 spiro atoms. The molecule has 0 radical (unpaired) electrons. The minimum atomic E-state index is -0.633. The topological polar surface area (TPSA) is 101 Å². The first-order chi connectivity index (χ1) is 12.5. The summed E-state index contributed by atoms with van der Waals surface area (Å²) in [5, 5.41) is 8.38. The molecule has 1 aromatic carbocycles. The zero-order valence-electron chi connectivity index (χ0n) is 13.6. The predicted molar refractivity (Wildman–Crippen MR) is 92.7 cm³/mol. The molecule has 2 heterocycles. The summed E-state index contributed by atoms with van der Waals surface area (Å²) in [6, 6.07) is 11.6. The predicted octanol–water partition coefficient (Wildman–Crippen LogP) is 3.17. The molecule has 0 N–H and O–H groups in total. The van der Waals surface area contributed by atoms with Crippen molar-refractivity contribution in [2.75, 3.05) is 7.11 Å². The van der Waals surface area contributed by atoms with Gasteiger partial charge in [0.05, 0.1) is 30.2 Å². The Bertz CT molecular complexity index is 953. The van der Waals surface area contributed by atoms with E-state index < -0.39 is 17.1 Å². The van der Waals surface area contributed by atoms with E-state index in [4.69, 9.17) is 9.68 Å². The molecule has 0 atom stereocenters. The quantitative estimate of drug-likeness (QED) is 0.603. The van der Waals surface area contributed by atoms with E-state index in [1.807, 2.05) is 6.07 Å². The van der Waals surface area contributed by atoms with Crippen LogP contribution in [0, 0.1) is 11.3 Å². The average Bonchev–Trinajstić information content (AvgIpc) is 3.22. The summed E-state index contributed by atoms with van der Waals surface area (Å²) in [5.41, 5.74) is 1.22. The lowest BCUT2D eigenvalue weighted by Crippen LogP contribution is -2.27. The zero-order valence-corrected chi connectivity index (χ0v) is 14.4. The molecule has 2 amide bonds. The van der Waals surface area contributed by atoms with Gasteiger partial charge in [0.15, 0.2) is 0 Å². The first-order valence-corrected chi connectivity index (χ1v) is 8.26. The maximum Gasteiger partial charge on any atom is 0.373 e. The molecule has 0 bridgehead atoms. The van der Waals surface area contributed by atoms with Gasteiger partial charge in [-0.05, 0) is 47.7 Å². The highest BCUT2D eigenvalue weighted by atomic mass is 32.2. The number of nitriles is 1. The first-order valence-electron chi connectivity index (χ1n) is 7.44. The van der Waals surface area contributed by atoms with E-state index in [2.05, 4.69) is 4.74 Å². The van der Waals surface area contributed by atoms with Crippen LogP contribution in [0.25, 0.3) is 6.08 Å². The van der Waals surface area contributed by atoms with Crippen LogP contribution in [0.1, 0.15) is 27.4 Å². The monoisotopic (exact) mass is 368 g/mol. The fourth-order valence-electron chi connectivity index (χ4n) is 2.27. The standard InChI is InChI=1S/C18H12N2O5S/c1-24-17(22)14-7-6-13(25-14)10-20-16(21)15(26-18(20)23)8-11-2-4-12(9-19)5-3-11/h2-8H,10H2,1H3/b15-8+. The third-order valence-electron chi connectivity index (χ3n) is 3.57. The van der Waals surface area contributed by atoms with Gasteiger partial charge in [0.25, 0.3) is 11.1 Å². The third-order valence-corrected chi connectivity index (χ3v) is 4.48. The second-order valence-electron chi connectivity index (χ2n) is 5.26. The molecule has 1 fully saturated rings. The second-order valence-corrected chi connectivity index (χ2v) is 6.25. The van der Waals surface area contributed by atoms with Gasteiger partial charge >= 0.3 is 5.97 Å². The Kier molecular flexibility index (Phi) is 4.91. The van der Waals surface area contributed by atoms with E-state index in [9.17, 15) is 14.4 Å². The van der Waals surface area contributed by atoms with Gasteiger partial charge in [-0.1, -0.05) is 12.1 Å². The van der Waals surface area contributed by atoms with Crippen LogP contribution in [-0.2, 0) is 16.1 Å². The molecule has 8 heteroatoms. The highest BCUT2D eigenvalue weighted by molar-refractivity contribution is 8.18. The number of carbonyl (C=O) groups is 3. The van der Waals surface area contributed by atoms with Crippen LogP contribution in [0.2, 0.25) is 0 Å². The van der Waals surface area contributed by atoms with Crippen LogP contribution < -0.4 is 0 Å². The number of hydrogen-bond acceptors (Lipinski definition) is 7. The Morgan fingerprint density at radius 3 is 2.65 bits per heavy atom. The Hall–Kier alpha value is -3.31. The van der Waals surface area contributed by atoms with E-state index in [1.54, 1.807) is 30.3 Å². The molecule has 1 aromatic heterocycles. The molecule has 0 unspecified atom stereocenters. The highest BCUT2D eigenvalue weighted by Gasteiger charge is 2.35. The minimum absolute atomic E-state index is 0.00240. The molecule has 0 saturated carbocycles. The van der Waals surface area contributed by atoms with Gasteiger partial charge in [-0.3, -0.25) is 14.5 Å². The Morgan fingerprint density at radius 1 is 1.27 bits per heavy atom. The lowest BCUT2D eigenvalue weighted by atomic mass is 10.1. The molecule has 0 aliphatic carbocycles. The number of imide groups is 1. The molecule has 26 heavy (non-hydrogen) atoms. The number of amides is 2. The summed E-state index contributed by atoms with van der Waals surface area (Å²) < 4.78 is 9.84. The van der Waals surface area contributed by atoms with Gasteiger partial charge in [0.1, 0.15) is 5.76 Å². The highest BCUT2D eigenvalue weighted by Crippen LogP contribution is 2.33. The molecule has 3 rings (SSSR count). The Morgan fingerprint density at radius 2 is 2.00 bits per heavy atom. The maximum atomic E-state index is 12.5. The number of ether oxygens (including phenoxy) is 1. The lowest BCUT2D eigenvalue weighted by Gasteiger charge is -2.09. The van der Waals surface area contributed by atoms with Crippen molar-refractivity contribution in [2.24, 2.45) is 0 Å². The van der Waals surface area contributed by atoms with Crippen LogP contribution in [0.4, 0.5) is 4.79 Å². The molecule has 7 nitrogen and oxygen atoms in total. The van der Waals surface area contributed by atoms with Crippen molar-refractivity contribution in [3.8, 4) is 6.07 Å². The average molecular weight is 368 g/mol. The summed E-state index contributed by atoms with van der Waals surface area (Å²) in [5.74, 6) is -0.776. The molecule has 130 valence electrons. The van der Waals surface area contributed by atoms with Crippen molar-refractivity contribution in [3.63, 3.8) is 0 Å². The SMILES string of the molecule is COC(=O)c1ccc(CN2C(=O)S/C(=C/c3ccc(C#N)cc3)C2=O)o1. The summed E-state index contributed by atoms with van der Waals surface area (Å²) in [6.45, 7) is -0.0770. The van der Waals surface area contributed by atoms with Crippen molar-refractivity contribution in [2.45, 2.75) is 6.54 Å². The van der Waals surface area contributed by atoms with Gasteiger partial charge in [-0.2, -0.15) is 5.26 Å². The number of carbonyl (C=O) groups excluding carboxylic acids is 3. The number of nitrogens with zero attached hydrogens (tertiary/aromatic N) is 2. The van der Waals surface area contributed by atoms with E-state index in [1.165, 1.54) is 19.2 Å². The van der Waals surface area contributed by atoms with Crippen LogP contribution in [0.5, 0.6) is 0 Å². The third kappa shape index (κ3) is 3.53. The van der Waals surface area contributed by atoms with E-state index in [0.29, 0.717) is 16.9 Å². The number of rotatable bonds is 4. The number of benzene rings is 1.